The molecule has 1 nitrogen and oxygen atoms in total. The monoisotopic (exact) mass is 287 g/mol. The van der Waals surface area contributed by atoms with Gasteiger partial charge in [-0.25, -0.2) is 0 Å². The van der Waals surface area contributed by atoms with Gasteiger partial charge in [-0.2, -0.15) is 30.7 Å². The number of hydrogen-bond donors (Lipinski definition) is 0. The van der Waals surface area contributed by atoms with Crippen LogP contribution in [0.1, 0.15) is 5.56 Å². The van der Waals surface area contributed by atoms with Gasteiger partial charge in [-0.3, -0.25) is 4.99 Å². The Morgan fingerprint density at radius 3 is 1.89 bits per heavy atom. The van der Waals surface area contributed by atoms with Gasteiger partial charge < -0.3 is 0 Å². The van der Waals surface area contributed by atoms with E-state index in [9.17, 15) is 30.7 Å². The van der Waals surface area contributed by atoms with Crippen molar-refractivity contribution in [2.75, 3.05) is 6.54 Å². The summed E-state index contributed by atoms with van der Waals surface area (Å²) < 4.78 is 86.0. The van der Waals surface area contributed by atoms with E-state index in [1.165, 1.54) is 24.3 Å². The summed E-state index contributed by atoms with van der Waals surface area (Å²) in [5, 5.41) is 0. The van der Waals surface area contributed by atoms with Crippen molar-refractivity contribution in [3.8, 4) is 0 Å². The zero-order valence-corrected chi connectivity index (χ0v) is 9.26. The van der Waals surface area contributed by atoms with Gasteiger partial charge in [0.2, 0.25) is 0 Å². The van der Waals surface area contributed by atoms with Crippen molar-refractivity contribution in [3.63, 3.8) is 0 Å². The van der Waals surface area contributed by atoms with Gasteiger partial charge in [0, 0.05) is 6.21 Å². The first-order chi connectivity index (χ1) is 8.58. The van der Waals surface area contributed by atoms with E-state index in [1.807, 2.05) is 0 Å². The maximum Gasteiger partial charge on any atom is 0.459 e. The van der Waals surface area contributed by atoms with Crippen molar-refractivity contribution in [3.05, 3.63) is 35.9 Å². The van der Waals surface area contributed by atoms with Crippen LogP contribution in [-0.2, 0) is 0 Å². The predicted molar refractivity (Wildman–Crippen MR) is 54.9 cm³/mol. The molecular formula is C11H8F7N. The third kappa shape index (κ3) is 3.45. The maximum absolute atomic E-state index is 12.8. The molecule has 106 valence electrons. The van der Waals surface area contributed by atoms with Crippen molar-refractivity contribution in [1.29, 1.82) is 0 Å². The van der Waals surface area contributed by atoms with Crippen molar-refractivity contribution in [2.24, 2.45) is 4.99 Å². The van der Waals surface area contributed by atoms with E-state index < -0.39 is 24.6 Å². The predicted octanol–water partition coefficient (Wildman–Crippen LogP) is 3.94. The Hall–Kier alpha value is -1.60. The van der Waals surface area contributed by atoms with Crippen molar-refractivity contribution in [2.45, 2.75) is 18.0 Å². The summed E-state index contributed by atoms with van der Waals surface area (Å²) in [7, 11) is 0. The molecule has 0 unspecified atom stereocenters. The minimum atomic E-state index is -6.32. The van der Waals surface area contributed by atoms with E-state index >= 15 is 0 Å². The summed E-state index contributed by atoms with van der Waals surface area (Å²) in [6.45, 7) is -1.95. The molecule has 0 saturated heterocycles. The molecule has 0 bridgehead atoms. The quantitative estimate of drug-likeness (QED) is 0.587. The fraction of sp³-hybridized carbons (Fsp3) is 0.364. The summed E-state index contributed by atoms with van der Waals surface area (Å²) in [6, 6.07) is 7.55. The summed E-state index contributed by atoms with van der Waals surface area (Å²) in [5.41, 5.74) is 0.314. The second-order valence-electron chi connectivity index (χ2n) is 3.66. The molecule has 0 aliphatic heterocycles. The molecule has 8 heteroatoms. The minimum Gasteiger partial charge on any atom is -0.286 e. The molecular weight excluding hydrogens is 279 g/mol. The summed E-state index contributed by atoms with van der Waals surface area (Å²) in [5.74, 6) is -11.4. The van der Waals surface area contributed by atoms with Crippen LogP contribution >= 0.6 is 0 Å². The van der Waals surface area contributed by atoms with E-state index in [0.717, 1.165) is 6.21 Å². The van der Waals surface area contributed by atoms with E-state index in [2.05, 4.69) is 4.99 Å². The molecule has 0 radical (unpaired) electrons. The lowest BCUT2D eigenvalue weighted by atomic mass is 10.1. The average Bonchev–Trinajstić information content (AvgIpc) is 2.28. The smallest absolute Gasteiger partial charge is 0.286 e. The normalized spacial score (nSPS) is 14.1. The van der Waals surface area contributed by atoms with E-state index in [-0.39, 0.29) is 0 Å². The Morgan fingerprint density at radius 2 is 1.42 bits per heavy atom. The van der Waals surface area contributed by atoms with E-state index in [4.69, 9.17) is 0 Å². The first-order valence-corrected chi connectivity index (χ1v) is 4.95. The standard InChI is InChI=1S/C11H8F7N/c12-9(13,10(14,15)11(16,17)18)7-19-6-8-4-2-1-3-5-8/h1-6H,7H2. The summed E-state index contributed by atoms with van der Waals surface area (Å²) in [4.78, 5) is 2.94. The number of hydrogen-bond acceptors (Lipinski definition) is 1. The zero-order chi connectivity index (χ0) is 14.7. The van der Waals surface area contributed by atoms with Crippen LogP contribution in [0, 0.1) is 0 Å². The average molecular weight is 287 g/mol. The van der Waals surface area contributed by atoms with Gasteiger partial charge >= 0.3 is 18.0 Å². The van der Waals surface area contributed by atoms with Crippen LogP contribution in [0.3, 0.4) is 0 Å². The highest BCUT2D eigenvalue weighted by Crippen LogP contribution is 2.46. The molecule has 0 amide bonds. The van der Waals surface area contributed by atoms with Crippen LogP contribution in [-0.4, -0.2) is 30.8 Å². The van der Waals surface area contributed by atoms with Crippen LogP contribution in [0.4, 0.5) is 30.7 Å². The summed E-state index contributed by atoms with van der Waals surface area (Å²) >= 11 is 0. The third-order valence-corrected chi connectivity index (χ3v) is 2.15. The Balaban J connectivity index is 2.78. The molecule has 1 rings (SSSR count). The Bertz CT molecular complexity index is 436. The molecule has 0 aliphatic carbocycles. The Kier molecular flexibility index (Phi) is 4.21. The first-order valence-electron chi connectivity index (χ1n) is 4.95. The zero-order valence-electron chi connectivity index (χ0n) is 9.26. The van der Waals surface area contributed by atoms with Gasteiger partial charge in [0.15, 0.2) is 0 Å². The molecule has 1 aromatic rings. The van der Waals surface area contributed by atoms with Crippen LogP contribution in [0.5, 0.6) is 0 Å². The number of benzene rings is 1. The lowest BCUT2D eigenvalue weighted by Crippen LogP contribution is -2.53. The van der Waals surface area contributed by atoms with Gasteiger partial charge in [-0.1, -0.05) is 30.3 Å². The molecule has 1 aromatic carbocycles. The molecule has 19 heavy (non-hydrogen) atoms. The maximum atomic E-state index is 12.8. The number of halogens is 7. The molecule has 0 saturated carbocycles. The van der Waals surface area contributed by atoms with Gasteiger partial charge in [0.1, 0.15) is 6.54 Å². The Morgan fingerprint density at radius 1 is 0.895 bits per heavy atom. The second-order valence-corrected chi connectivity index (χ2v) is 3.66. The van der Waals surface area contributed by atoms with Crippen LogP contribution in [0.25, 0.3) is 0 Å². The van der Waals surface area contributed by atoms with E-state index in [0.29, 0.717) is 5.56 Å². The molecule has 0 N–H and O–H groups in total. The molecule has 0 aromatic heterocycles. The van der Waals surface area contributed by atoms with Crippen molar-refractivity contribution >= 4 is 6.21 Å². The highest BCUT2D eigenvalue weighted by molar-refractivity contribution is 5.79. The fourth-order valence-electron chi connectivity index (χ4n) is 1.11. The number of rotatable bonds is 4. The largest absolute Gasteiger partial charge is 0.459 e. The van der Waals surface area contributed by atoms with Gasteiger partial charge in [-0.05, 0) is 5.56 Å². The molecule has 0 heterocycles. The third-order valence-electron chi connectivity index (χ3n) is 2.15. The number of alkyl halides is 7. The lowest BCUT2D eigenvalue weighted by Gasteiger charge is -2.26. The Labute approximate surface area is 103 Å². The van der Waals surface area contributed by atoms with Gasteiger partial charge in [-0.15, -0.1) is 0 Å². The number of nitrogens with zero attached hydrogens (tertiary/aromatic N) is 1. The van der Waals surface area contributed by atoms with Crippen molar-refractivity contribution < 1.29 is 30.7 Å². The second kappa shape index (κ2) is 5.18. The van der Waals surface area contributed by atoms with Gasteiger partial charge in [0.25, 0.3) is 0 Å². The van der Waals surface area contributed by atoms with Gasteiger partial charge in [0.05, 0.1) is 0 Å². The first kappa shape index (κ1) is 15.5. The number of aliphatic imine (C=N–C) groups is 1. The fourth-order valence-corrected chi connectivity index (χ4v) is 1.11. The highest BCUT2D eigenvalue weighted by Gasteiger charge is 2.72. The lowest BCUT2D eigenvalue weighted by molar-refractivity contribution is -0.351. The molecule has 0 atom stereocenters. The van der Waals surface area contributed by atoms with Crippen molar-refractivity contribution in [1.82, 2.24) is 0 Å². The highest BCUT2D eigenvalue weighted by atomic mass is 19.4. The molecule has 0 fully saturated rings. The SMILES string of the molecule is FC(F)(F)C(F)(F)C(F)(F)CN=Cc1ccccc1. The summed E-state index contributed by atoms with van der Waals surface area (Å²) in [6.07, 6.45) is -5.51. The molecule has 0 aliphatic rings. The molecule has 0 spiro atoms. The van der Waals surface area contributed by atoms with Crippen LogP contribution < -0.4 is 0 Å². The van der Waals surface area contributed by atoms with Crippen LogP contribution in [0.15, 0.2) is 35.3 Å². The topological polar surface area (TPSA) is 12.4 Å². The van der Waals surface area contributed by atoms with E-state index in [1.54, 1.807) is 6.07 Å². The minimum absolute atomic E-state index is 0.314. The van der Waals surface area contributed by atoms with Crippen LogP contribution in [0.2, 0.25) is 0 Å².